The van der Waals surface area contributed by atoms with E-state index in [9.17, 15) is 9.00 Å². The molecule has 4 aromatic rings. The van der Waals surface area contributed by atoms with E-state index >= 15 is 0 Å². The van der Waals surface area contributed by atoms with Crippen LogP contribution in [0.3, 0.4) is 0 Å². The minimum atomic E-state index is -1.29. The second kappa shape index (κ2) is 7.14. The summed E-state index contributed by atoms with van der Waals surface area (Å²) in [5.74, 6) is -0.157. The second-order valence-corrected chi connectivity index (χ2v) is 8.22. The molecule has 1 unspecified atom stereocenters. The van der Waals surface area contributed by atoms with Gasteiger partial charge in [-0.05, 0) is 30.3 Å². The Morgan fingerprint density at radius 1 is 0.862 bits per heavy atom. The van der Waals surface area contributed by atoms with Gasteiger partial charge in [0, 0.05) is 26.3 Å². The molecule has 0 saturated carbocycles. The van der Waals surface area contributed by atoms with Crippen molar-refractivity contribution in [3.63, 3.8) is 0 Å². The summed E-state index contributed by atoms with van der Waals surface area (Å²) in [5, 5.41) is 3.90. The van der Waals surface area contributed by atoms with Crippen molar-refractivity contribution in [2.45, 2.75) is 9.79 Å². The first-order chi connectivity index (χ1) is 14.2. The zero-order valence-electron chi connectivity index (χ0n) is 15.4. The Kier molecular flexibility index (Phi) is 4.33. The molecule has 1 aliphatic rings. The molecule has 1 amide bonds. The predicted molar refractivity (Wildman–Crippen MR) is 115 cm³/mol. The molecule has 0 spiro atoms. The van der Waals surface area contributed by atoms with Gasteiger partial charge in [-0.3, -0.25) is 9.79 Å². The van der Waals surface area contributed by atoms with Gasteiger partial charge in [-0.1, -0.05) is 48.5 Å². The van der Waals surface area contributed by atoms with Crippen LogP contribution in [0.5, 0.6) is 0 Å². The molecule has 2 heterocycles. The summed E-state index contributed by atoms with van der Waals surface area (Å²) < 4.78 is 13.0. The molecule has 1 atom stereocenters. The third kappa shape index (κ3) is 3.17. The summed E-state index contributed by atoms with van der Waals surface area (Å²) in [5.41, 5.74) is 3.92. The highest BCUT2D eigenvalue weighted by Crippen LogP contribution is 2.31. The van der Waals surface area contributed by atoms with Crippen molar-refractivity contribution in [3.05, 3.63) is 90.1 Å². The summed E-state index contributed by atoms with van der Waals surface area (Å²) in [6.45, 7) is 0.0399. The Hall–Kier alpha value is -3.51. The maximum absolute atomic E-state index is 13.0. The molecule has 1 aliphatic heterocycles. The molecule has 0 fully saturated rings. The second-order valence-electron chi connectivity index (χ2n) is 6.74. The van der Waals surface area contributed by atoms with Gasteiger partial charge in [0.05, 0.1) is 27.9 Å². The van der Waals surface area contributed by atoms with Crippen LogP contribution < -0.4 is 5.32 Å². The van der Waals surface area contributed by atoms with Gasteiger partial charge < -0.3 is 10.3 Å². The third-order valence-corrected chi connectivity index (χ3v) is 6.25. The molecule has 0 radical (unpaired) electrons. The number of nitrogens with zero attached hydrogens (tertiary/aromatic N) is 1. The highest BCUT2D eigenvalue weighted by Gasteiger charge is 2.23. The normalized spacial score (nSPS) is 14.6. The SMILES string of the molecule is O=C1CN=C(c2cccc(S(=O)c3ccccc3)c2)c2[nH]c3ccccc3c2N1. The lowest BCUT2D eigenvalue weighted by atomic mass is 10.1. The van der Waals surface area contributed by atoms with Gasteiger partial charge in [0.25, 0.3) is 0 Å². The molecule has 1 aromatic heterocycles. The van der Waals surface area contributed by atoms with E-state index in [0.717, 1.165) is 32.7 Å². The lowest BCUT2D eigenvalue weighted by Gasteiger charge is -2.08. The fourth-order valence-electron chi connectivity index (χ4n) is 3.53. The van der Waals surface area contributed by atoms with E-state index in [-0.39, 0.29) is 12.5 Å². The molecular formula is C23H17N3O2S. The highest BCUT2D eigenvalue weighted by atomic mass is 32.2. The van der Waals surface area contributed by atoms with Gasteiger partial charge in [-0.2, -0.15) is 0 Å². The van der Waals surface area contributed by atoms with Crippen molar-refractivity contribution in [2.75, 3.05) is 11.9 Å². The van der Waals surface area contributed by atoms with E-state index in [0.29, 0.717) is 10.6 Å². The first kappa shape index (κ1) is 17.6. The van der Waals surface area contributed by atoms with Crippen LogP contribution in [-0.4, -0.2) is 27.4 Å². The molecule has 2 N–H and O–H groups in total. The lowest BCUT2D eigenvalue weighted by Crippen LogP contribution is -2.13. The first-order valence-electron chi connectivity index (χ1n) is 9.23. The fourth-order valence-corrected chi connectivity index (χ4v) is 4.65. The van der Waals surface area contributed by atoms with Crippen molar-refractivity contribution in [3.8, 4) is 0 Å². The van der Waals surface area contributed by atoms with E-state index in [1.807, 2.05) is 78.9 Å². The Labute approximate surface area is 170 Å². The summed E-state index contributed by atoms with van der Waals surface area (Å²) in [6.07, 6.45) is 0. The number of hydrogen-bond donors (Lipinski definition) is 2. The van der Waals surface area contributed by atoms with Crippen molar-refractivity contribution in [2.24, 2.45) is 4.99 Å². The number of aromatic amines is 1. The van der Waals surface area contributed by atoms with Gasteiger partial charge in [-0.25, -0.2) is 4.21 Å². The van der Waals surface area contributed by atoms with Crippen LogP contribution in [0.15, 0.2) is 93.6 Å². The van der Waals surface area contributed by atoms with Gasteiger partial charge >= 0.3 is 0 Å². The van der Waals surface area contributed by atoms with E-state index in [1.165, 1.54) is 0 Å². The minimum Gasteiger partial charge on any atom is -0.351 e. The quantitative estimate of drug-likeness (QED) is 0.544. The zero-order chi connectivity index (χ0) is 19.8. The van der Waals surface area contributed by atoms with Crippen LogP contribution in [0.1, 0.15) is 11.3 Å². The highest BCUT2D eigenvalue weighted by molar-refractivity contribution is 7.85. The predicted octanol–water partition coefficient (Wildman–Crippen LogP) is 4.12. The number of benzene rings is 3. The van der Waals surface area contributed by atoms with Gasteiger partial charge in [0.1, 0.15) is 6.54 Å². The van der Waals surface area contributed by atoms with E-state index in [4.69, 9.17) is 0 Å². The molecule has 0 saturated heterocycles. The number of carbonyl (C=O) groups is 1. The standard InChI is InChI=1S/C23H17N3O2S/c27-20-14-24-21(23-22(26-20)18-11-4-5-12-19(18)25-23)15-7-6-10-17(13-15)29(28)16-8-2-1-3-9-16/h1-13,25H,14H2,(H,26,27). The van der Waals surface area contributed by atoms with Crippen LogP contribution in [0.4, 0.5) is 5.69 Å². The average Bonchev–Trinajstić information content (AvgIpc) is 3.03. The number of para-hydroxylation sites is 1. The Balaban J connectivity index is 1.63. The van der Waals surface area contributed by atoms with Crippen LogP contribution >= 0.6 is 0 Å². The Morgan fingerprint density at radius 3 is 2.48 bits per heavy atom. The van der Waals surface area contributed by atoms with Crippen LogP contribution in [0, 0.1) is 0 Å². The lowest BCUT2D eigenvalue weighted by molar-refractivity contribution is -0.114. The molecule has 5 nitrogen and oxygen atoms in total. The van der Waals surface area contributed by atoms with E-state index in [2.05, 4.69) is 15.3 Å². The number of aliphatic imine (C=N–C) groups is 1. The summed E-state index contributed by atoms with van der Waals surface area (Å²) in [7, 11) is -1.29. The fraction of sp³-hybridized carbons (Fsp3) is 0.0435. The smallest absolute Gasteiger partial charge is 0.246 e. The minimum absolute atomic E-state index is 0.0399. The number of anilines is 1. The van der Waals surface area contributed by atoms with Crippen LogP contribution in [-0.2, 0) is 15.6 Å². The van der Waals surface area contributed by atoms with Crippen molar-refractivity contribution < 1.29 is 9.00 Å². The summed E-state index contributed by atoms with van der Waals surface area (Å²) in [6, 6.07) is 24.7. The molecule has 29 heavy (non-hydrogen) atoms. The van der Waals surface area contributed by atoms with Gasteiger partial charge in [-0.15, -0.1) is 0 Å². The van der Waals surface area contributed by atoms with Crippen molar-refractivity contribution in [1.29, 1.82) is 0 Å². The van der Waals surface area contributed by atoms with Crippen LogP contribution in [0.25, 0.3) is 10.9 Å². The largest absolute Gasteiger partial charge is 0.351 e. The third-order valence-electron chi connectivity index (χ3n) is 4.87. The average molecular weight is 399 g/mol. The molecule has 0 bridgehead atoms. The monoisotopic (exact) mass is 399 g/mol. The molecule has 142 valence electrons. The summed E-state index contributed by atoms with van der Waals surface area (Å²) >= 11 is 0. The first-order valence-corrected chi connectivity index (χ1v) is 10.4. The topological polar surface area (TPSA) is 74.3 Å². The van der Waals surface area contributed by atoms with Crippen LogP contribution in [0.2, 0.25) is 0 Å². The number of carbonyl (C=O) groups excluding carboxylic acids is 1. The molecular weight excluding hydrogens is 382 g/mol. The zero-order valence-corrected chi connectivity index (χ0v) is 16.2. The number of hydrogen-bond acceptors (Lipinski definition) is 3. The van der Waals surface area contributed by atoms with E-state index < -0.39 is 10.8 Å². The summed E-state index contributed by atoms with van der Waals surface area (Å²) in [4.78, 5) is 21.6. The van der Waals surface area contributed by atoms with Gasteiger partial charge in [0.15, 0.2) is 0 Å². The molecule has 5 rings (SSSR count). The number of aromatic nitrogens is 1. The van der Waals surface area contributed by atoms with E-state index in [1.54, 1.807) is 0 Å². The van der Waals surface area contributed by atoms with Crippen molar-refractivity contribution >= 4 is 39.0 Å². The molecule has 3 aromatic carbocycles. The molecule has 6 heteroatoms. The maximum atomic E-state index is 13.0. The number of nitrogens with one attached hydrogen (secondary N) is 2. The maximum Gasteiger partial charge on any atom is 0.246 e. The van der Waals surface area contributed by atoms with Gasteiger partial charge in [0.2, 0.25) is 5.91 Å². The number of fused-ring (bicyclic) bond motifs is 3. The number of amides is 1. The number of rotatable bonds is 3. The number of H-pyrrole nitrogens is 1. The Morgan fingerprint density at radius 2 is 1.62 bits per heavy atom. The molecule has 0 aliphatic carbocycles. The van der Waals surface area contributed by atoms with Crippen molar-refractivity contribution in [1.82, 2.24) is 4.98 Å². The Bertz CT molecular complexity index is 1290.